The fourth-order valence-electron chi connectivity index (χ4n) is 7.74. The van der Waals surface area contributed by atoms with Gasteiger partial charge in [0.25, 0.3) is 5.91 Å². The number of piperazine rings is 1. The van der Waals surface area contributed by atoms with E-state index in [2.05, 4.69) is 21.3 Å². The SMILES string of the molecule is N#CC1CCCN1C(=O)CNC(=O)c1ccnc2ccc(OCCCN3CCN(C(=O)CN4CCN(CC(=O)O)CCN(CC(=O)O)CCN(CC(=O)O)CC4)CC3)cc12. The smallest absolute Gasteiger partial charge is 0.317 e. The summed E-state index contributed by atoms with van der Waals surface area (Å²) in [6.45, 7) is 5.95. The van der Waals surface area contributed by atoms with Crippen LogP contribution in [0.5, 0.6) is 5.75 Å². The molecule has 0 saturated carbocycles. The Morgan fingerprint density at radius 1 is 0.717 bits per heavy atom. The zero-order valence-corrected chi connectivity index (χ0v) is 34.0. The molecule has 3 aliphatic rings. The van der Waals surface area contributed by atoms with Gasteiger partial charge >= 0.3 is 17.9 Å². The number of carboxylic acids is 3. The van der Waals surface area contributed by atoms with Crippen molar-refractivity contribution in [3.8, 4) is 11.8 Å². The molecule has 0 aliphatic carbocycles. The molecule has 1 aromatic carbocycles. The van der Waals surface area contributed by atoms with E-state index in [9.17, 15) is 49.3 Å². The molecule has 2 aromatic rings. The van der Waals surface area contributed by atoms with Crippen molar-refractivity contribution in [3.63, 3.8) is 0 Å². The first-order chi connectivity index (χ1) is 28.9. The molecule has 326 valence electrons. The van der Waals surface area contributed by atoms with E-state index in [0.717, 1.165) is 19.4 Å². The van der Waals surface area contributed by atoms with Crippen LogP contribution in [0.3, 0.4) is 0 Å². The van der Waals surface area contributed by atoms with Gasteiger partial charge in [-0.2, -0.15) is 5.26 Å². The van der Waals surface area contributed by atoms with E-state index in [0.29, 0.717) is 120 Å². The molecular weight excluding hydrogens is 780 g/mol. The van der Waals surface area contributed by atoms with Crippen LogP contribution in [-0.2, 0) is 24.0 Å². The first-order valence-corrected chi connectivity index (χ1v) is 20.4. The molecule has 0 spiro atoms. The second-order valence-corrected chi connectivity index (χ2v) is 15.3. The summed E-state index contributed by atoms with van der Waals surface area (Å²) in [5.74, 6) is -3.23. The fraction of sp³-hybridized carbons (Fsp3) is 0.600. The van der Waals surface area contributed by atoms with Gasteiger partial charge in [-0.3, -0.25) is 58.3 Å². The molecule has 20 nitrogen and oxygen atoms in total. The Kier molecular flexibility index (Phi) is 17.3. The number of carbonyl (C=O) groups excluding carboxylic acids is 3. The molecule has 60 heavy (non-hydrogen) atoms. The number of hydrogen-bond acceptors (Lipinski definition) is 14. The van der Waals surface area contributed by atoms with E-state index >= 15 is 0 Å². The Labute approximate surface area is 348 Å². The number of carboxylic acid groups (broad SMARTS) is 3. The molecule has 4 N–H and O–H groups in total. The summed E-state index contributed by atoms with van der Waals surface area (Å²) in [6.07, 6.45) is 3.65. The summed E-state index contributed by atoms with van der Waals surface area (Å²) in [5, 5.41) is 41.0. The van der Waals surface area contributed by atoms with E-state index < -0.39 is 29.9 Å². The Balaban J connectivity index is 1.07. The highest BCUT2D eigenvalue weighted by atomic mass is 16.5. The predicted molar refractivity (Wildman–Crippen MR) is 216 cm³/mol. The quantitative estimate of drug-likeness (QED) is 0.146. The van der Waals surface area contributed by atoms with Crippen LogP contribution in [-0.4, -0.2) is 227 Å². The molecule has 0 radical (unpaired) electrons. The van der Waals surface area contributed by atoms with E-state index in [1.54, 1.807) is 39.0 Å². The van der Waals surface area contributed by atoms with Gasteiger partial charge in [0.05, 0.1) is 56.5 Å². The van der Waals surface area contributed by atoms with Crippen LogP contribution in [0.2, 0.25) is 0 Å². The number of carbonyl (C=O) groups is 6. The van der Waals surface area contributed by atoms with Gasteiger partial charge in [0, 0.05) is 103 Å². The van der Waals surface area contributed by atoms with Crippen LogP contribution in [0.25, 0.3) is 10.9 Å². The van der Waals surface area contributed by atoms with Crippen molar-refractivity contribution in [3.05, 3.63) is 36.0 Å². The zero-order chi connectivity index (χ0) is 43.0. The van der Waals surface area contributed by atoms with Crippen molar-refractivity contribution in [2.75, 3.05) is 131 Å². The molecule has 1 unspecified atom stereocenters. The number of rotatable bonds is 16. The molecule has 1 atom stereocenters. The Bertz CT molecular complexity index is 1840. The lowest BCUT2D eigenvalue weighted by Gasteiger charge is -2.37. The second kappa shape index (κ2) is 22.8. The van der Waals surface area contributed by atoms with Crippen molar-refractivity contribution >= 4 is 46.5 Å². The second-order valence-electron chi connectivity index (χ2n) is 15.3. The van der Waals surface area contributed by atoms with Crippen LogP contribution in [0.15, 0.2) is 30.5 Å². The minimum Gasteiger partial charge on any atom is -0.494 e. The maximum absolute atomic E-state index is 13.5. The molecule has 4 heterocycles. The van der Waals surface area contributed by atoms with Gasteiger partial charge in [-0.25, -0.2) is 0 Å². The van der Waals surface area contributed by atoms with Crippen LogP contribution in [0.1, 0.15) is 29.6 Å². The number of likely N-dealkylation sites (tertiary alicyclic amines) is 1. The number of nitrogens with zero attached hydrogens (tertiary/aromatic N) is 9. The van der Waals surface area contributed by atoms with Crippen LogP contribution in [0.4, 0.5) is 0 Å². The molecular formula is C40H56N10O10. The predicted octanol–water partition coefficient (Wildman–Crippen LogP) is -1.13. The van der Waals surface area contributed by atoms with Crippen LogP contribution in [0, 0.1) is 11.3 Å². The van der Waals surface area contributed by atoms with Gasteiger partial charge in [-0.15, -0.1) is 0 Å². The summed E-state index contributed by atoms with van der Waals surface area (Å²) in [5.41, 5.74) is 0.964. The molecule has 3 amide bonds. The zero-order valence-electron chi connectivity index (χ0n) is 34.0. The highest BCUT2D eigenvalue weighted by Gasteiger charge is 2.29. The standard InChI is InChI=1S/C40H56N10O10/c41-24-30-3-1-9-50(30)35(51)25-43-40(59)32-6-7-42-34-5-4-31(23-33(32)34)60-22-2-8-44-18-20-49(21-19-44)36(52)26-45-10-12-46(27-37(53)54)14-16-48(29-39(57)58)17-15-47(13-11-45)28-38(55)56/h4-7,23,30H,1-3,8-22,25-29H2,(H,43,59)(H,53,54)(H,55,56)(H,57,58). The van der Waals surface area contributed by atoms with Gasteiger partial charge < -0.3 is 35.2 Å². The lowest BCUT2D eigenvalue weighted by Crippen LogP contribution is -2.53. The number of aliphatic carboxylic acids is 3. The summed E-state index contributed by atoms with van der Waals surface area (Å²) < 4.78 is 6.06. The number of nitriles is 1. The Morgan fingerprint density at radius 2 is 1.27 bits per heavy atom. The molecule has 3 saturated heterocycles. The van der Waals surface area contributed by atoms with Crippen molar-refractivity contribution in [2.45, 2.75) is 25.3 Å². The monoisotopic (exact) mass is 836 g/mol. The third-order valence-electron chi connectivity index (χ3n) is 11.1. The average Bonchev–Trinajstić information content (AvgIpc) is 3.71. The first-order valence-electron chi connectivity index (χ1n) is 20.4. The number of pyridine rings is 1. The van der Waals surface area contributed by atoms with Crippen molar-refractivity contribution < 1.29 is 48.8 Å². The normalized spacial score (nSPS) is 19.6. The molecule has 1 aromatic heterocycles. The molecule has 0 bridgehead atoms. The van der Waals surface area contributed by atoms with Gasteiger partial charge in [-0.1, -0.05) is 0 Å². The lowest BCUT2D eigenvalue weighted by atomic mass is 10.1. The largest absolute Gasteiger partial charge is 0.494 e. The summed E-state index contributed by atoms with van der Waals surface area (Å²) >= 11 is 0. The Hall–Kier alpha value is -5.46. The third-order valence-corrected chi connectivity index (χ3v) is 11.1. The number of benzene rings is 1. The number of amides is 3. The molecule has 3 aliphatic heterocycles. The van der Waals surface area contributed by atoms with Crippen molar-refractivity contribution in [1.29, 1.82) is 5.26 Å². The molecule has 20 heteroatoms. The van der Waals surface area contributed by atoms with Gasteiger partial charge in [0.1, 0.15) is 11.8 Å². The maximum atomic E-state index is 13.5. The summed E-state index contributed by atoms with van der Waals surface area (Å²) in [4.78, 5) is 91.1. The number of fused-ring (bicyclic) bond motifs is 1. The van der Waals surface area contributed by atoms with E-state index in [1.165, 1.54) is 11.1 Å². The van der Waals surface area contributed by atoms with Gasteiger partial charge in [-0.05, 0) is 43.5 Å². The molecule has 5 rings (SSSR count). The average molecular weight is 837 g/mol. The minimum absolute atomic E-state index is 0.0584. The number of aromatic nitrogens is 1. The van der Waals surface area contributed by atoms with Crippen LogP contribution < -0.4 is 10.1 Å². The first kappa shape index (κ1) is 45.6. The fourth-order valence-corrected chi connectivity index (χ4v) is 7.74. The molecule has 3 fully saturated rings. The van der Waals surface area contributed by atoms with E-state index in [1.807, 2.05) is 9.80 Å². The number of nitrogens with one attached hydrogen (secondary N) is 1. The lowest BCUT2D eigenvalue weighted by molar-refractivity contribution is -0.141. The number of ether oxygens (including phenoxy) is 1. The highest BCUT2D eigenvalue weighted by molar-refractivity contribution is 6.07. The van der Waals surface area contributed by atoms with Gasteiger partial charge in [0.15, 0.2) is 0 Å². The van der Waals surface area contributed by atoms with E-state index in [4.69, 9.17) is 4.74 Å². The minimum atomic E-state index is -1.02. The van der Waals surface area contributed by atoms with Crippen LogP contribution >= 0.6 is 0 Å². The van der Waals surface area contributed by atoms with Crippen molar-refractivity contribution in [2.24, 2.45) is 0 Å². The van der Waals surface area contributed by atoms with Crippen molar-refractivity contribution in [1.82, 2.24) is 44.6 Å². The summed E-state index contributed by atoms with van der Waals surface area (Å²) in [7, 11) is 0. The maximum Gasteiger partial charge on any atom is 0.317 e. The van der Waals surface area contributed by atoms with E-state index in [-0.39, 0.29) is 44.5 Å². The highest BCUT2D eigenvalue weighted by Crippen LogP contribution is 2.23. The number of hydrogen-bond donors (Lipinski definition) is 4. The summed E-state index contributed by atoms with van der Waals surface area (Å²) in [6, 6.07) is 8.60. The Morgan fingerprint density at radius 3 is 1.82 bits per heavy atom. The topological polar surface area (TPSA) is 244 Å². The third kappa shape index (κ3) is 14.1. The van der Waals surface area contributed by atoms with Gasteiger partial charge in [0.2, 0.25) is 11.8 Å².